The molecule has 0 saturated carbocycles. The molecule has 1 aliphatic heterocycles. The summed E-state index contributed by atoms with van der Waals surface area (Å²) in [4.78, 5) is 35.4. The van der Waals surface area contributed by atoms with Gasteiger partial charge in [-0.25, -0.2) is 9.59 Å². The Morgan fingerprint density at radius 2 is 1.86 bits per heavy atom. The lowest BCUT2D eigenvalue weighted by Crippen LogP contribution is -2.41. The van der Waals surface area contributed by atoms with Crippen LogP contribution in [-0.2, 0) is 9.59 Å². The number of carbonyl (C=O) groups excluding carboxylic acids is 1. The summed E-state index contributed by atoms with van der Waals surface area (Å²) in [5, 5.41) is 17.8. The van der Waals surface area contributed by atoms with Crippen LogP contribution in [-0.4, -0.2) is 43.3 Å². The lowest BCUT2D eigenvalue weighted by Gasteiger charge is -2.18. The molecule has 2 N–H and O–H groups in total. The third-order valence-electron chi connectivity index (χ3n) is 3.02. The van der Waals surface area contributed by atoms with E-state index in [1.54, 1.807) is 18.2 Å². The number of hydrogen-bond acceptors (Lipinski definition) is 5. The third kappa shape index (κ3) is 3.18. The molecule has 114 valence electrons. The van der Waals surface area contributed by atoms with E-state index in [0.29, 0.717) is 10.5 Å². The largest absolute Gasteiger partial charge is 0.480 e. The van der Waals surface area contributed by atoms with Gasteiger partial charge in [0, 0.05) is 0 Å². The van der Waals surface area contributed by atoms with Gasteiger partial charge in [0.15, 0.2) is 0 Å². The molecule has 1 unspecified atom stereocenters. The summed E-state index contributed by atoms with van der Waals surface area (Å²) in [6, 6.07) is 4.95. The van der Waals surface area contributed by atoms with Crippen molar-refractivity contribution in [2.24, 2.45) is 0 Å². The van der Waals surface area contributed by atoms with Gasteiger partial charge in [-0.3, -0.25) is 9.69 Å². The van der Waals surface area contributed by atoms with Crippen LogP contribution in [0, 0.1) is 0 Å². The second kappa shape index (κ2) is 6.29. The summed E-state index contributed by atoms with van der Waals surface area (Å²) in [6.07, 6.45) is 1.56. The van der Waals surface area contributed by atoms with Crippen molar-refractivity contribution in [3.05, 3.63) is 40.3 Å². The predicted molar refractivity (Wildman–Crippen MR) is 85.5 cm³/mol. The van der Waals surface area contributed by atoms with Gasteiger partial charge in [-0.15, -0.1) is 0 Å². The number of benzene rings is 1. The van der Waals surface area contributed by atoms with Crippen LogP contribution >= 0.6 is 24.0 Å². The fourth-order valence-corrected chi connectivity index (χ4v) is 3.22. The molecule has 0 bridgehead atoms. The number of rotatable bonds is 4. The van der Waals surface area contributed by atoms with Crippen molar-refractivity contribution in [1.82, 2.24) is 4.90 Å². The molecule has 6 nitrogen and oxygen atoms in total. The first-order valence-electron chi connectivity index (χ1n) is 6.14. The van der Waals surface area contributed by atoms with Gasteiger partial charge in [0.25, 0.3) is 5.91 Å². The number of hydrogen-bond donors (Lipinski definition) is 2. The van der Waals surface area contributed by atoms with Crippen LogP contribution in [0.1, 0.15) is 22.8 Å². The smallest absolute Gasteiger partial charge is 0.335 e. The number of carboxylic acid groups (broad SMARTS) is 2. The van der Waals surface area contributed by atoms with Crippen molar-refractivity contribution in [1.29, 1.82) is 0 Å². The van der Waals surface area contributed by atoms with Crippen LogP contribution in [0.5, 0.6) is 0 Å². The second-order valence-corrected chi connectivity index (χ2v) is 6.17. The molecule has 8 heteroatoms. The Labute approximate surface area is 135 Å². The zero-order valence-corrected chi connectivity index (χ0v) is 13.0. The Kier molecular flexibility index (Phi) is 4.62. The van der Waals surface area contributed by atoms with E-state index in [9.17, 15) is 14.4 Å². The Morgan fingerprint density at radius 3 is 2.36 bits per heavy atom. The highest BCUT2D eigenvalue weighted by Gasteiger charge is 2.38. The third-order valence-corrected chi connectivity index (χ3v) is 4.35. The average Bonchev–Trinajstić information content (AvgIpc) is 2.73. The maximum absolute atomic E-state index is 12.2. The highest BCUT2D eigenvalue weighted by atomic mass is 32.2. The quantitative estimate of drug-likeness (QED) is 0.641. The second-order valence-electron chi connectivity index (χ2n) is 4.49. The predicted octanol–water partition coefficient (Wildman–Crippen LogP) is 2.06. The number of amides is 1. The molecule has 22 heavy (non-hydrogen) atoms. The van der Waals surface area contributed by atoms with E-state index in [4.69, 9.17) is 22.4 Å². The monoisotopic (exact) mass is 337 g/mol. The molecule has 1 saturated heterocycles. The van der Waals surface area contributed by atoms with Crippen molar-refractivity contribution in [3.8, 4) is 0 Å². The number of aromatic carboxylic acids is 1. The number of thioether (sulfide) groups is 1. The lowest BCUT2D eigenvalue weighted by molar-refractivity contribution is -0.144. The molecule has 0 aliphatic carbocycles. The molecular weight excluding hydrogens is 326 g/mol. The van der Waals surface area contributed by atoms with Crippen molar-refractivity contribution in [2.75, 3.05) is 0 Å². The molecule has 0 radical (unpaired) electrons. The summed E-state index contributed by atoms with van der Waals surface area (Å²) < 4.78 is 0.188. The molecule has 1 fully saturated rings. The van der Waals surface area contributed by atoms with E-state index in [1.165, 1.54) is 19.1 Å². The minimum absolute atomic E-state index is 0.143. The van der Waals surface area contributed by atoms with Gasteiger partial charge in [0.05, 0.1) is 10.5 Å². The molecule has 1 aromatic carbocycles. The topological polar surface area (TPSA) is 94.9 Å². The zero-order chi connectivity index (χ0) is 16.4. The summed E-state index contributed by atoms with van der Waals surface area (Å²) in [5.74, 6) is -2.64. The molecule has 1 aliphatic rings. The Bertz CT molecular complexity index is 696. The number of thiocarbonyl (C=S) groups is 1. The van der Waals surface area contributed by atoms with Crippen molar-refractivity contribution < 1.29 is 24.6 Å². The molecule has 1 amide bonds. The van der Waals surface area contributed by atoms with Crippen LogP contribution in [0.2, 0.25) is 0 Å². The van der Waals surface area contributed by atoms with Gasteiger partial charge in [-0.2, -0.15) is 0 Å². The number of aliphatic carboxylic acids is 1. The highest BCUT2D eigenvalue weighted by Crippen LogP contribution is 2.33. The first kappa shape index (κ1) is 16.2. The lowest BCUT2D eigenvalue weighted by atomic mass is 10.1. The maximum atomic E-state index is 12.2. The summed E-state index contributed by atoms with van der Waals surface area (Å²) in [7, 11) is 0. The SMILES string of the molecule is CC(C(=O)O)N1C(=O)/C(=C/c2ccc(C(=O)O)cc2)SC1=S. The summed E-state index contributed by atoms with van der Waals surface area (Å²) in [5.41, 5.74) is 0.776. The van der Waals surface area contributed by atoms with Crippen LogP contribution in [0.15, 0.2) is 29.2 Å². The van der Waals surface area contributed by atoms with Crippen molar-refractivity contribution >= 4 is 52.2 Å². The number of carbonyl (C=O) groups is 3. The fourth-order valence-electron chi connectivity index (χ4n) is 1.80. The highest BCUT2D eigenvalue weighted by molar-refractivity contribution is 8.26. The normalized spacial score (nSPS) is 17.9. The van der Waals surface area contributed by atoms with Crippen LogP contribution in [0.4, 0.5) is 0 Å². The number of nitrogens with zero attached hydrogens (tertiary/aromatic N) is 1. The molecular formula is C14H11NO5S2. The van der Waals surface area contributed by atoms with Gasteiger partial charge >= 0.3 is 11.9 Å². The summed E-state index contributed by atoms with van der Waals surface area (Å²) in [6.45, 7) is 1.39. The molecule has 1 heterocycles. The maximum Gasteiger partial charge on any atom is 0.335 e. The fraction of sp³-hybridized carbons (Fsp3) is 0.143. The van der Waals surface area contributed by atoms with Crippen molar-refractivity contribution in [2.45, 2.75) is 13.0 Å². The molecule has 0 spiro atoms. The van der Waals surface area contributed by atoms with E-state index in [0.717, 1.165) is 16.7 Å². The Hall–Kier alpha value is -2.19. The van der Waals surface area contributed by atoms with Gasteiger partial charge in [0.1, 0.15) is 10.4 Å². The molecule has 1 atom stereocenters. The molecule has 0 aromatic heterocycles. The number of carboxylic acids is 2. The van der Waals surface area contributed by atoms with Crippen molar-refractivity contribution in [3.63, 3.8) is 0 Å². The minimum Gasteiger partial charge on any atom is -0.480 e. The molecule has 2 rings (SSSR count). The minimum atomic E-state index is -1.14. The van der Waals surface area contributed by atoms with Crippen LogP contribution in [0.3, 0.4) is 0 Å². The van der Waals surface area contributed by atoms with E-state index in [1.807, 2.05) is 0 Å². The molecule has 1 aromatic rings. The van der Waals surface area contributed by atoms with E-state index in [-0.39, 0.29) is 9.88 Å². The summed E-state index contributed by atoms with van der Waals surface area (Å²) >= 11 is 6.07. The Morgan fingerprint density at radius 1 is 1.27 bits per heavy atom. The first-order valence-corrected chi connectivity index (χ1v) is 7.37. The van der Waals surface area contributed by atoms with Gasteiger partial charge < -0.3 is 10.2 Å². The van der Waals surface area contributed by atoms with E-state index in [2.05, 4.69) is 0 Å². The average molecular weight is 337 g/mol. The zero-order valence-electron chi connectivity index (χ0n) is 11.3. The standard InChI is InChI=1S/C14H11NO5S2/c1-7(12(17)18)15-11(16)10(22-14(15)21)6-8-2-4-9(5-3-8)13(19)20/h2-7H,1H3,(H,17,18)(H,19,20)/b10-6-. The van der Waals surface area contributed by atoms with E-state index >= 15 is 0 Å². The van der Waals surface area contributed by atoms with Gasteiger partial charge in [-0.05, 0) is 30.7 Å². The first-order chi connectivity index (χ1) is 10.3. The van der Waals surface area contributed by atoms with Crippen LogP contribution in [0.25, 0.3) is 6.08 Å². The van der Waals surface area contributed by atoms with Crippen LogP contribution < -0.4 is 0 Å². The van der Waals surface area contributed by atoms with Gasteiger partial charge in [0.2, 0.25) is 0 Å². The Balaban J connectivity index is 2.26. The van der Waals surface area contributed by atoms with Gasteiger partial charge in [-0.1, -0.05) is 36.1 Å². The van der Waals surface area contributed by atoms with E-state index < -0.39 is 23.9 Å².